The first-order chi connectivity index (χ1) is 9.71. The van der Waals surface area contributed by atoms with E-state index in [1.54, 1.807) is 12.1 Å². The Hall–Kier alpha value is -2.29. The largest absolute Gasteiger partial charge is 0.508 e. The molecule has 1 aliphatic rings. The summed E-state index contributed by atoms with van der Waals surface area (Å²) in [5, 5.41) is 12.2. The molecule has 3 rings (SSSR count). The van der Waals surface area contributed by atoms with Crippen molar-refractivity contribution >= 4 is 5.91 Å². The van der Waals surface area contributed by atoms with Gasteiger partial charge < -0.3 is 10.4 Å². The fraction of sp³-hybridized carbons (Fsp3) is 0.235. The number of hydrogen-bond acceptors (Lipinski definition) is 2. The summed E-state index contributed by atoms with van der Waals surface area (Å²) >= 11 is 0. The molecule has 1 saturated carbocycles. The highest BCUT2D eigenvalue weighted by atomic mass is 16.3. The molecule has 0 aromatic heterocycles. The van der Waals surface area contributed by atoms with Crippen LogP contribution in [0, 0.1) is 0 Å². The average Bonchev–Trinajstić information content (AvgIpc) is 3.29. The van der Waals surface area contributed by atoms with E-state index in [9.17, 15) is 9.90 Å². The Balaban J connectivity index is 1.67. The van der Waals surface area contributed by atoms with Crippen molar-refractivity contribution in [2.75, 3.05) is 0 Å². The van der Waals surface area contributed by atoms with Gasteiger partial charge in [-0.15, -0.1) is 0 Å². The van der Waals surface area contributed by atoms with Crippen LogP contribution in [0.4, 0.5) is 0 Å². The molecule has 2 N–H and O–H groups in total. The van der Waals surface area contributed by atoms with Crippen molar-refractivity contribution in [3.8, 4) is 5.75 Å². The van der Waals surface area contributed by atoms with Crippen molar-refractivity contribution in [1.29, 1.82) is 0 Å². The van der Waals surface area contributed by atoms with Gasteiger partial charge in [-0.2, -0.15) is 0 Å². The van der Waals surface area contributed by atoms with Crippen molar-refractivity contribution in [3.05, 3.63) is 65.7 Å². The van der Waals surface area contributed by atoms with Gasteiger partial charge in [-0.25, -0.2) is 0 Å². The van der Waals surface area contributed by atoms with Gasteiger partial charge in [0.05, 0.1) is 5.41 Å². The zero-order valence-electron chi connectivity index (χ0n) is 11.2. The topological polar surface area (TPSA) is 49.3 Å². The van der Waals surface area contributed by atoms with Crippen LogP contribution in [0.2, 0.25) is 0 Å². The summed E-state index contributed by atoms with van der Waals surface area (Å²) in [6.07, 6.45) is 1.83. The molecule has 20 heavy (non-hydrogen) atoms. The maximum atomic E-state index is 12.4. The molecular formula is C17H17NO2. The number of amides is 1. The molecule has 1 fully saturated rings. The highest BCUT2D eigenvalue weighted by Gasteiger charge is 2.50. The minimum atomic E-state index is -0.321. The SMILES string of the molecule is O=C(NCc1ccc(O)cc1)C1(c2ccccc2)CC1. The van der Waals surface area contributed by atoms with Crippen LogP contribution in [-0.2, 0) is 16.8 Å². The molecule has 0 saturated heterocycles. The molecule has 0 unspecified atom stereocenters. The van der Waals surface area contributed by atoms with Crippen LogP contribution in [0.15, 0.2) is 54.6 Å². The smallest absolute Gasteiger partial charge is 0.230 e. The predicted molar refractivity (Wildman–Crippen MR) is 77.3 cm³/mol. The van der Waals surface area contributed by atoms with E-state index in [4.69, 9.17) is 0 Å². The number of phenolic OH excluding ortho intramolecular Hbond substituents is 1. The van der Waals surface area contributed by atoms with E-state index < -0.39 is 0 Å². The number of rotatable bonds is 4. The minimum absolute atomic E-state index is 0.0942. The Bertz CT molecular complexity index is 601. The molecule has 2 aromatic carbocycles. The Kier molecular flexibility index (Phi) is 3.18. The number of carbonyl (C=O) groups is 1. The molecule has 0 heterocycles. The lowest BCUT2D eigenvalue weighted by atomic mass is 9.95. The third-order valence-electron chi connectivity index (χ3n) is 3.90. The summed E-state index contributed by atoms with van der Waals surface area (Å²) < 4.78 is 0. The summed E-state index contributed by atoms with van der Waals surface area (Å²) in [5.74, 6) is 0.333. The van der Waals surface area contributed by atoms with Crippen molar-refractivity contribution in [2.45, 2.75) is 24.8 Å². The number of aromatic hydroxyl groups is 1. The van der Waals surface area contributed by atoms with Crippen LogP contribution in [0.25, 0.3) is 0 Å². The molecule has 3 nitrogen and oxygen atoms in total. The first-order valence-electron chi connectivity index (χ1n) is 6.82. The third-order valence-corrected chi connectivity index (χ3v) is 3.90. The molecule has 102 valence electrons. The quantitative estimate of drug-likeness (QED) is 0.895. The Morgan fingerprint density at radius 3 is 2.30 bits per heavy atom. The van der Waals surface area contributed by atoms with Crippen LogP contribution in [0.5, 0.6) is 5.75 Å². The maximum absolute atomic E-state index is 12.4. The minimum Gasteiger partial charge on any atom is -0.508 e. The monoisotopic (exact) mass is 267 g/mol. The summed E-state index contributed by atoms with van der Waals surface area (Å²) in [6, 6.07) is 16.9. The maximum Gasteiger partial charge on any atom is 0.230 e. The summed E-state index contributed by atoms with van der Waals surface area (Å²) in [7, 11) is 0. The van der Waals surface area contributed by atoms with E-state index in [0.717, 1.165) is 24.0 Å². The normalized spacial score (nSPS) is 15.6. The number of hydrogen-bond donors (Lipinski definition) is 2. The zero-order valence-corrected chi connectivity index (χ0v) is 11.2. The highest BCUT2D eigenvalue weighted by molar-refractivity contribution is 5.91. The van der Waals surface area contributed by atoms with Gasteiger partial charge in [-0.05, 0) is 36.1 Å². The van der Waals surface area contributed by atoms with E-state index in [1.807, 2.05) is 42.5 Å². The highest BCUT2D eigenvalue weighted by Crippen LogP contribution is 2.48. The van der Waals surface area contributed by atoms with E-state index >= 15 is 0 Å². The fourth-order valence-electron chi connectivity index (χ4n) is 2.49. The second-order valence-corrected chi connectivity index (χ2v) is 5.30. The molecular weight excluding hydrogens is 250 g/mol. The van der Waals surface area contributed by atoms with Crippen LogP contribution < -0.4 is 5.32 Å². The van der Waals surface area contributed by atoms with Crippen molar-refractivity contribution in [3.63, 3.8) is 0 Å². The molecule has 0 radical (unpaired) electrons. The Morgan fingerprint density at radius 2 is 1.70 bits per heavy atom. The third kappa shape index (κ3) is 2.39. The summed E-state index contributed by atoms with van der Waals surface area (Å²) in [4.78, 5) is 12.4. The Labute approximate surface area is 118 Å². The molecule has 0 atom stereocenters. The van der Waals surface area contributed by atoms with Crippen LogP contribution in [-0.4, -0.2) is 11.0 Å². The zero-order chi connectivity index (χ0) is 14.0. The average molecular weight is 267 g/mol. The van der Waals surface area contributed by atoms with Crippen LogP contribution in [0.1, 0.15) is 24.0 Å². The molecule has 0 spiro atoms. The van der Waals surface area contributed by atoms with Gasteiger partial charge >= 0.3 is 0 Å². The van der Waals surface area contributed by atoms with Crippen LogP contribution in [0.3, 0.4) is 0 Å². The van der Waals surface area contributed by atoms with Gasteiger partial charge in [0.15, 0.2) is 0 Å². The number of benzene rings is 2. The Morgan fingerprint density at radius 1 is 1.05 bits per heavy atom. The van der Waals surface area contributed by atoms with Gasteiger partial charge in [0.25, 0.3) is 0 Å². The van der Waals surface area contributed by atoms with Gasteiger partial charge in [0.1, 0.15) is 5.75 Å². The van der Waals surface area contributed by atoms with Crippen LogP contribution >= 0.6 is 0 Å². The van der Waals surface area contributed by atoms with Gasteiger partial charge in [0.2, 0.25) is 5.91 Å². The molecule has 1 aliphatic carbocycles. The van der Waals surface area contributed by atoms with Gasteiger partial charge in [-0.3, -0.25) is 4.79 Å². The first kappa shape index (κ1) is 12.7. The lowest BCUT2D eigenvalue weighted by molar-refractivity contribution is -0.123. The predicted octanol–water partition coefficient (Wildman–Crippen LogP) is 2.74. The molecule has 1 amide bonds. The van der Waals surface area contributed by atoms with E-state index in [1.165, 1.54) is 0 Å². The second kappa shape index (κ2) is 5.00. The number of nitrogens with one attached hydrogen (secondary N) is 1. The molecule has 2 aromatic rings. The van der Waals surface area contributed by atoms with E-state index in [0.29, 0.717) is 6.54 Å². The number of phenols is 1. The van der Waals surface area contributed by atoms with E-state index in [2.05, 4.69) is 5.32 Å². The second-order valence-electron chi connectivity index (χ2n) is 5.30. The molecule has 0 aliphatic heterocycles. The van der Waals surface area contributed by atoms with Crippen molar-refractivity contribution < 1.29 is 9.90 Å². The standard InChI is InChI=1S/C17H17NO2/c19-15-8-6-13(7-9-15)12-18-16(20)17(10-11-17)14-4-2-1-3-5-14/h1-9,19H,10-12H2,(H,18,20). The lowest BCUT2D eigenvalue weighted by Gasteiger charge is -2.15. The van der Waals surface area contributed by atoms with Gasteiger partial charge in [-0.1, -0.05) is 42.5 Å². The van der Waals surface area contributed by atoms with Crippen molar-refractivity contribution in [2.24, 2.45) is 0 Å². The van der Waals surface area contributed by atoms with Crippen molar-refractivity contribution in [1.82, 2.24) is 5.32 Å². The fourth-order valence-corrected chi connectivity index (χ4v) is 2.49. The lowest BCUT2D eigenvalue weighted by Crippen LogP contribution is -2.34. The molecule has 0 bridgehead atoms. The first-order valence-corrected chi connectivity index (χ1v) is 6.82. The number of carbonyl (C=O) groups excluding carboxylic acids is 1. The van der Waals surface area contributed by atoms with E-state index in [-0.39, 0.29) is 17.1 Å². The van der Waals surface area contributed by atoms with Gasteiger partial charge in [0, 0.05) is 6.54 Å². The summed E-state index contributed by atoms with van der Waals surface area (Å²) in [5.41, 5.74) is 1.77. The summed E-state index contributed by atoms with van der Waals surface area (Å²) in [6.45, 7) is 0.494. The molecule has 3 heteroatoms.